The molecule has 2 heterocycles. The predicted molar refractivity (Wildman–Crippen MR) is 131 cm³/mol. The van der Waals surface area contributed by atoms with Crippen LogP contribution in [0.1, 0.15) is 15.2 Å². The Bertz CT molecular complexity index is 1290. The monoisotopic (exact) mass is 520 g/mol. The summed E-state index contributed by atoms with van der Waals surface area (Å²) in [6, 6.07) is 16.0. The van der Waals surface area contributed by atoms with Crippen LogP contribution >= 0.6 is 22.9 Å². The molecule has 0 aliphatic carbocycles. The van der Waals surface area contributed by atoms with Crippen LogP contribution in [-0.2, 0) is 16.6 Å². The topological polar surface area (TPSA) is 113 Å². The number of benzene rings is 2. The van der Waals surface area contributed by atoms with E-state index in [-0.39, 0.29) is 22.3 Å². The molecule has 0 saturated carbocycles. The summed E-state index contributed by atoms with van der Waals surface area (Å²) in [6.45, 7) is 1.79. The van der Waals surface area contributed by atoms with E-state index in [0.29, 0.717) is 36.8 Å². The van der Waals surface area contributed by atoms with Crippen molar-refractivity contribution < 1.29 is 18.1 Å². The number of amides is 1. The van der Waals surface area contributed by atoms with Crippen molar-refractivity contribution in [2.24, 2.45) is 0 Å². The number of hydrogen-bond donors (Lipinski definition) is 1. The van der Waals surface area contributed by atoms with Crippen LogP contribution in [0.25, 0.3) is 0 Å². The van der Waals surface area contributed by atoms with Crippen LogP contribution in [0.3, 0.4) is 0 Å². The minimum atomic E-state index is -3.65. The van der Waals surface area contributed by atoms with E-state index in [9.17, 15) is 23.3 Å². The number of nitrogens with zero attached hydrogens (tertiary/aromatic N) is 3. The van der Waals surface area contributed by atoms with Crippen LogP contribution in [0.5, 0.6) is 0 Å². The molecule has 4 rings (SSSR count). The smallest absolute Gasteiger partial charge is 0.269 e. The number of anilines is 1. The molecule has 1 fully saturated rings. The van der Waals surface area contributed by atoms with E-state index >= 15 is 0 Å². The Hall–Kier alpha value is -2.99. The Morgan fingerprint density at radius 2 is 1.65 bits per heavy atom. The van der Waals surface area contributed by atoms with Gasteiger partial charge in [-0.15, -0.1) is 11.3 Å². The highest BCUT2D eigenvalue weighted by atomic mass is 35.5. The number of nitro benzene ring substituents is 1. The zero-order chi connectivity index (χ0) is 24.3. The fraction of sp³-hybridized carbons (Fsp3) is 0.227. The van der Waals surface area contributed by atoms with Crippen molar-refractivity contribution in [2.75, 3.05) is 31.1 Å². The third-order valence-corrected chi connectivity index (χ3v) is 9.13. The molecule has 0 atom stereocenters. The van der Waals surface area contributed by atoms with Gasteiger partial charge in [-0.1, -0.05) is 11.6 Å². The second-order valence-electron chi connectivity index (χ2n) is 7.57. The van der Waals surface area contributed by atoms with Gasteiger partial charge in [-0.3, -0.25) is 14.9 Å². The number of nitro groups is 1. The summed E-state index contributed by atoms with van der Waals surface area (Å²) in [4.78, 5) is 25.4. The third-order valence-electron chi connectivity index (χ3n) is 5.43. The number of sulfonamides is 1. The number of rotatable bonds is 7. The Morgan fingerprint density at radius 3 is 2.26 bits per heavy atom. The molecule has 1 amide bonds. The summed E-state index contributed by atoms with van der Waals surface area (Å²) in [5.74, 6) is -0.267. The molecule has 1 aliphatic heterocycles. The van der Waals surface area contributed by atoms with Crippen molar-refractivity contribution in [3.8, 4) is 0 Å². The summed E-state index contributed by atoms with van der Waals surface area (Å²) < 4.78 is 27.9. The van der Waals surface area contributed by atoms with Gasteiger partial charge in [0.05, 0.1) is 11.5 Å². The van der Waals surface area contributed by atoms with Crippen LogP contribution in [0.15, 0.2) is 64.9 Å². The summed E-state index contributed by atoms with van der Waals surface area (Å²) in [5.41, 5.74) is 1.31. The maximum Gasteiger partial charge on any atom is 0.269 e. The molecule has 0 spiro atoms. The zero-order valence-corrected chi connectivity index (χ0v) is 20.3. The van der Waals surface area contributed by atoms with Gasteiger partial charge in [-0.25, -0.2) is 8.42 Å². The van der Waals surface area contributed by atoms with Gasteiger partial charge in [0.2, 0.25) is 0 Å². The van der Waals surface area contributed by atoms with E-state index in [1.807, 2.05) is 4.90 Å². The lowest BCUT2D eigenvalue weighted by molar-refractivity contribution is -0.384. The van der Waals surface area contributed by atoms with E-state index in [1.165, 1.54) is 16.4 Å². The fourth-order valence-electron chi connectivity index (χ4n) is 3.56. The number of non-ortho nitro benzene ring substituents is 1. The molecule has 9 nitrogen and oxygen atoms in total. The fourth-order valence-corrected chi connectivity index (χ4v) is 6.56. The van der Waals surface area contributed by atoms with Gasteiger partial charge in [-0.2, -0.15) is 4.31 Å². The molecule has 1 N–H and O–H groups in total. The second kappa shape index (κ2) is 10.1. The Morgan fingerprint density at radius 1 is 1.00 bits per heavy atom. The maximum atomic E-state index is 13.1. The number of piperazine rings is 1. The van der Waals surface area contributed by atoms with Crippen molar-refractivity contribution in [3.63, 3.8) is 0 Å². The van der Waals surface area contributed by atoms with Crippen LogP contribution in [-0.4, -0.2) is 49.7 Å². The molecule has 12 heteroatoms. The van der Waals surface area contributed by atoms with E-state index in [1.54, 1.807) is 48.5 Å². The SMILES string of the molecule is O=C(NCc1ccc(S(=O)(=O)N2CCN(c3ccc([N+](=O)[O-])cc3)CC2)s1)c1ccc(Cl)cc1. The first-order valence-corrected chi connectivity index (χ1v) is 13.0. The number of thiophene rings is 1. The van der Waals surface area contributed by atoms with Crippen molar-refractivity contribution in [2.45, 2.75) is 10.8 Å². The van der Waals surface area contributed by atoms with Crippen molar-refractivity contribution in [1.82, 2.24) is 9.62 Å². The van der Waals surface area contributed by atoms with Crippen molar-refractivity contribution in [1.29, 1.82) is 0 Å². The predicted octanol–water partition coefficient (Wildman–Crippen LogP) is 3.75. The summed E-state index contributed by atoms with van der Waals surface area (Å²) in [5, 5.41) is 14.1. The first kappa shape index (κ1) is 24.1. The maximum absolute atomic E-state index is 13.1. The normalized spacial score (nSPS) is 14.7. The average molecular weight is 521 g/mol. The third kappa shape index (κ3) is 5.39. The highest BCUT2D eigenvalue weighted by Crippen LogP contribution is 2.27. The molecule has 1 saturated heterocycles. The molecular formula is C22H21ClN4O5S2. The van der Waals surface area contributed by atoms with Gasteiger partial charge in [0.25, 0.3) is 21.6 Å². The zero-order valence-electron chi connectivity index (χ0n) is 17.9. The number of carbonyl (C=O) groups is 1. The van der Waals surface area contributed by atoms with Crippen LogP contribution in [0.4, 0.5) is 11.4 Å². The highest BCUT2D eigenvalue weighted by molar-refractivity contribution is 7.91. The number of halogens is 1. The van der Waals surface area contributed by atoms with E-state index < -0.39 is 14.9 Å². The highest BCUT2D eigenvalue weighted by Gasteiger charge is 2.30. The van der Waals surface area contributed by atoms with Gasteiger partial charge < -0.3 is 10.2 Å². The lowest BCUT2D eigenvalue weighted by Crippen LogP contribution is -2.48. The molecule has 0 unspecified atom stereocenters. The minimum Gasteiger partial charge on any atom is -0.369 e. The van der Waals surface area contributed by atoms with Gasteiger partial charge in [0.15, 0.2) is 0 Å². The van der Waals surface area contributed by atoms with Crippen LogP contribution < -0.4 is 10.2 Å². The van der Waals surface area contributed by atoms with E-state index in [2.05, 4.69) is 5.32 Å². The van der Waals surface area contributed by atoms with Crippen LogP contribution in [0.2, 0.25) is 5.02 Å². The largest absolute Gasteiger partial charge is 0.369 e. The quantitative estimate of drug-likeness (QED) is 0.375. The number of nitrogens with one attached hydrogen (secondary N) is 1. The molecular weight excluding hydrogens is 500 g/mol. The molecule has 1 aromatic heterocycles. The Kier molecular flexibility index (Phi) is 7.17. The standard InChI is InChI=1S/C22H21ClN4O5S2/c23-17-3-1-16(2-4-17)22(28)24-15-20-9-10-21(33-20)34(31,32)26-13-11-25(12-14-26)18-5-7-19(8-6-18)27(29)30/h1-10H,11-15H2,(H,24,28). The first-order chi connectivity index (χ1) is 16.2. The molecule has 178 valence electrons. The molecule has 0 bridgehead atoms. The molecule has 0 radical (unpaired) electrons. The van der Waals surface area contributed by atoms with Crippen LogP contribution in [0, 0.1) is 10.1 Å². The van der Waals surface area contributed by atoms with Crippen molar-refractivity contribution >= 4 is 50.2 Å². The number of hydrogen-bond acceptors (Lipinski definition) is 7. The van der Waals surface area contributed by atoms with Crippen molar-refractivity contribution in [3.05, 3.63) is 86.2 Å². The Labute approximate surface area is 205 Å². The second-order valence-corrected chi connectivity index (χ2v) is 11.3. The van der Waals surface area contributed by atoms with Gasteiger partial charge >= 0.3 is 0 Å². The number of carbonyl (C=O) groups excluding carboxylic acids is 1. The lowest BCUT2D eigenvalue weighted by atomic mass is 10.2. The van der Waals surface area contributed by atoms with E-state index in [0.717, 1.165) is 21.9 Å². The molecule has 3 aromatic rings. The molecule has 34 heavy (non-hydrogen) atoms. The Balaban J connectivity index is 1.34. The molecule has 1 aliphatic rings. The summed E-state index contributed by atoms with van der Waals surface area (Å²) >= 11 is 6.97. The van der Waals surface area contributed by atoms with Gasteiger partial charge in [-0.05, 0) is 48.5 Å². The molecule has 2 aromatic carbocycles. The summed E-state index contributed by atoms with van der Waals surface area (Å²) in [6.07, 6.45) is 0. The summed E-state index contributed by atoms with van der Waals surface area (Å²) in [7, 11) is -3.65. The van der Waals surface area contributed by atoms with Gasteiger partial charge in [0.1, 0.15) is 4.21 Å². The first-order valence-electron chi connectivity index (χ1n) is 10.4. The minimum absolute atomic E-state index is 0.0165. The lowest BCUT2D eigenvalue weighted by Gasteiger charge is -2.35. The van der Waals surface area contributed by atoms with Gasteiger partial charge in [0, 0.05) is 59.5 Å². The average Bonchev–Trinajstić information content (AvgIpc) is 3.33. The van der Waals surface area contributed by atoms with E-state index in [4.69, 9.17) is 11.6 Å².